The first-order valence-electron chi connectivity index (χ1n) is 8.82. The van der Waals surface area contributed by atoms with Crippen molar-refractivity contribution in [2.45, 2.75) is 57.4 Å². The largest absolute Gasteiger partial charge is 0.352 e. The van der Waals surface area contributed by atoms with E-state index in [1.165, 1.54) is 51.6 Å². The lowest BCUT2D eigenvalue weighted by molar-refractivity contribution is -0.121. The van der Waals surface area contributed by atoms with Crippen LogP contribution < -0.4 is 5.32 Å². The maximum absolute atomic E-state index is 12.2. The third kappa shape index (κ3) is 4.82. The first-order valence-corrected chi connectivity index (χ1v) is 9.76. The van der Waals surface area contributed by atoms with Gasteiger partial charge in [-0.05, 0) is 60.5 Å². The monoisotopic (exact) mass is 320 g/mol. The molecular formula is C18H28N2OS. The molecule has 2 heterocycles. The van der Waals surface area contributed by atoms with Gasteiger partial charge >= 0.3 is 0 Å². The quantitative estimate of drug-likeness (QED) is 0.901. The highest BCUT2D eigenvalue weighted by Crippen LogP contribution is 2.25. The average Bonchev–Trinajstić information content (AvgIpc) is 3.01. The van der Waals surface area contributed by atoms with E-state index in [1.54, 1.807) is 11.3 Å². The highest BCUT2D eigenvalue weighted by atomic mass is 32.1. The second kappa shape index (κ2) is 8.11. The van der Waals surface area contributed by atoms with Crippen LogP contribution in [-0.4, -0.2) is 36.5 Å². The number of hydrogen-bond acceptors (Lipinski definition) is 3. The minimum Gasteiger partial charge on any atom is -0.352 e. The summed E-state index contributed by atoms with van der Waals surface area (Å²) in [5.74, 6) is 1.08. The molecular weight excluding hydrogens is 292 g/mol. The number of thiophene rings is 1. The summed E-state index contributed by atoms with van der Waals surface area (Å²) < 4.78 is 0. The molecule has 0 spiro atoms. The molecule has 0 radical (unpaired) electrons. The van der Waals surface area contributed by atoms with Crippen LogP contribution in [0.25, 0.3) is 0 Å². The van der Waals surface area contributed by atoms with E-state index in [1.807, 2.05) is 11.4 Å². The molecule has 2 fully saturated rings. The second-order valence-corrected chi connectivity index (χ2v) is 7.76. The summed E-state index contributed by atoms with van der Waals surface area (Å²) in [5.41, 5.74) is 1.14. The fourth-order valence-corrected chi connectivity index (χ4v) is 4.60. The fourth-order valence-electron chi connectivity index (χ4n) is 3.93. The molecule has 1 amide bonds. The number of carbonyl (C=O) groups is 1. The van der Waals surface area contributed by atoms with Gasteiger partial charge in [0.15, 0.2) is 0 Å². The van der Waals surface area contributed by atoms with Crippen LogP contribution in [0, 0.1) is 5.92 Å². The first-order chi connectivity index (χ1) is 10.8. The van der Waals surface area contributed by atoms with Crippen molar-refractivity contribution in [1.82, 2.24) is 10.2 Å². The van der Waals surface area contributed by atoms with Gasteiger partial charge in [0.25, 0.3) is 0 Å². The molecule has 0 aromatic carbocycles. The lowest BCUT2D eigenvalue weighted by Gasteiger charge is -2.36. The molecule has 1 aromatic rings. The van der Waals surface area contributed by atoms with E-state index in [0.717, 1.165) is 24.4 Å². The van der Waals surface area contributed by atoms with Gasteiger partial charge in [-0.2, -0.15) is 11.3 Å². The number of piperidine rings is 1. The van der Waals surface area contributed by atoms with E-state index in [0.29, 0.717) is 12.5 Å². The lowest BCUT2D eigenvalue weighted by Crippen LogP contribution is -2.49. The summed E-state index contributed by atoms with van der Waals surface area (Å²) >= 11 is 1.66. The Morgan fingerprint density at radius 1 is 1.23 bits per heavy atom. The van der Waals surface area contributed by atoms with Crippen molar-refractivity contribution in [2.24, 2.45) is 5.92 Å². The molecule has 1 N–H and O–H groups in total. The standard InChI is InChI=1S/C18H28N2OS/c21-18(11-16-8-10-22-14-16)19-17-7-4-9-20(13-17)12-15-5-2-1-3-6-15/h8,10,14-15,17H,1-7,9,11-13H2,(H,19,21)/t17-/m1/s1. The summed E-state index contributed by atoms with van der Waals surface area (Å²) in [6.45, 7) is 3.51. The van der Waals surface area contributed by atoms with Crippen LogP contribution in [-0.2, 0) is 11.2 Å². The fraction of sp³-hybridized carbons (Fsp3) is 0.722. The Morgan fingerprint density at radius 2 is 2.09 bits per heavy atom. The molecule has 2 aliphatic rings. The van der Waals surface area contributed by atoms with E-state index in [2.05, 4.69) is 15.6 Å². The summed E-state index contributed by atoms with van der Waals surface area (Å²) in [7, 11) is 0. The molecule has 3 nitrogen and oxygen atoms in total. The predicted molar refractivity (Wildman–Crippen MR) is 92.2 cm³/mol. The van der Waals surface area contributed by atoms with Crippen molar-refractivity contribution in [3.05, 3.63) is 22.4 Å². The highest BCUT2D eigenvalue weighted by molar-refractivity contribution is 7.07. The number of nitrogens with zero attached hydrogens (tertiary/aromatic N) is 1. The Morgan fingerprint density at radius 3 is 2.86 bits per heavy atom. The molecule has 1 aromatic heterocycles. The Labute approximate surface area is 138 Å². The topological polar surface area (TPSA) is 32.3 Å². The minimum atomic E-state index is 0.183. The van der Waals surface area contributed by atoms with E-state index in [9.17, 15) is 4.79 Å². The van der Waals surface area contributed by atoms with Crippen molar-refractivity contribution in [3.63, 3.8) is 0 Å². The van der Waals surface area contributed by atoms with Gasteiger partial charge in [-0.15, -0.1) is 0 Å². The molecule has 122 valence electrons. The van der Waals surface area contributed by atoms with Crippen LogP contribution in [0.4, 0.5) is 0 Å². The second-order valence-electron chi connectivity index (χ2n) is 6.98. The van der Waals surface area contributed by atoms with Gasteiger partial charge in [0.05, 0.1) is 6.42 Å². The zero-order chi connectivity index (χ0) is 15.2. The van der Waals surface area contributed by atoms with E-state index >= 15 is 0 Å². The van der Waals surface area contributed by atoms with Gasteiger partial charge in [-0.1, -0.05) is 19.3 Å². The SMILES string of the molecule is O=C(Cc1ccsc1)N[C@@H]1CCCN(CC2CCCCC2)C1. The van der Waals surface area contributed by atoms with Gasteiger partial charge in [-0.25, -0.2) is 0 Å². The van der Waals surface area contributed by atoms with Crippen molar-refractivity contribution in [3.8, 4) is 0 Å². The third-order valence-corrected chi connectivity index (χ3v) is 5.79. The summed E-state index contributed by atoms with van der Waals surface area (Å²) in [6.07, 6.45) is 9.96. The zero-order valence-electron chi connectivity index (χ0n) is 13.4. The van der Waals surface area contributed by atoms with Gasteiger partial charge in [0.1, 0.15) is 0 Å². The molecule has 0 bridgehead atoms. The van der Waals surface area contributed by atoms with Crippen LogP contribution >= 0.6 is 11.3 Å². The number of hydrogen-bond donors (Lipinski definition) is 1. The normalized spacial score (nSPS) is 24.3. The Balaban J connectivity index is 1.42. The Hall–Kier alpha value is -0.870. The predicted octanol–water partition coefficient (Wildman–Crippen LogP) is 3.45. The highest BCUT2D eigenvalue weighted by Gasteiger charge is 2.24. The van der Waals surface area contributed by atoms with E-state index < -0.39 is 0 Å². The first kappa shape index (κ1) is 16.0. The molecule has 1 saturated heterocycles. The number of likely N-dealkylation sites (tertiary alicyclic amines) is 1. The Bertz CT molecular complexity index is 454. The van der Waals surface area contributed by atoms with Crippen molar-refractivity contribution < 1.29 is 4.79 Å². The van der Waals surface area contributed by atoms with Gasteiger partial charge in [-0.3, -0.25) is 4.79 Å². The van der Waals surface area contributed by atoms with Gasteiger partial charge in [0, 0.05) is 19.1 Å². The molecule has 4 heteroatoms. The maximum Gasteiger partial charge on any atom is 0.224 e. The maximum atomic E-state index is 12.2. The van der Waals surface area contributed by atoms with Crippen LogP contribution in [0.2, 0.25) is 0 Å². The minimum absolute atomic E-state index is 0.183. The number of nitrogens with one attached hydrogen (secondary N) is 1. The van der Waals surface area contributed by atoms with Gasteiger partial charge in [0.2, 0.25) is 5.91 Å². The molecule has 1 aliphatic carbocycles. The number of carbonyl (C=O) groups excluding carboxylic acids is 1. The van der Waals surface area contributed by atoms with Crippen LogP contribution in [0.5, 0.6) is 0 Å². The molecule has 22 heavy (non-hydrogen) atoms. The molecule has 1 saturated carbocycles. The summed E-state index contributed by atoms with van der Waals surface area (Å²) in [6, 6.07) is 2.39. The van der Waals surface area contributed by atoms with E-state index in [4.69, 9.17) is 0 Å². The molecule has 1 aliphatic heterocycles. The zero-order valence-corrected chi connectivity index (χ0v) is 14.2. The van der Waals surface area contributed by atoms with Crippen LogP contribution in [0.1, 0.15) is 50.5 Å². The summed E-state index contributed by atoms with van der Waals surface area (Å²) in [4.78, 5) is 14.7. The number of amides is 1. The van der Waals surface area contributed by atoms with Crippen molar-refractivity contribution in [2.75, 3.05) is 19.6 Å². The van der Waals surface area contributed by atoms with Crippen molar-refractivity contribution in [1.29, 1.82) is 0 Å². The van der Waals surface area contributed by atoms with Gasteiger partial charge < -0.3 is 10.2 Å². The summed E-state index contributed by atoms with van der Waals surface area (Å²) in [5, 5.41) is 7.35. The van der Waals surface area contributed by atoms with E-state index in [-0.39, 0.29) is 5.91 Å². The Kier molecular flexibility index (Phi) is 5.90. The molecule has 0 unspecified atom stereocenters. The lowest BCUT2D eigenvalue weighted by atomic mass is 9.88. The third-order valence-electron chi connectivity index (χ3n) is 5.06. The number of rotatable bonds is 5. The molecule has 1 atom stereocenters. The average molecular weight is 321 g/mol. The van der Waals surface area contributed by atoms with Crippen LogP contribution in [0.3, 0.4) is 0 Å². The van der Waals surface area contributed by atoms with Crippen molar-refractivity contribution >= 4 is 17.2 Å². The smallest absolute Gasteiger partial charge is 0.224 e. The molecule has 3 rings (SSSR count). The van der Waals surface area contributed by atoms with Crippen LogP contribution in [0.15, 0.2) is 16.8 Å².